The SMILES string of the molecule is C#CC.CC.CNC(=O)c1ccc(C2CC3(C)C(O)CCC3C3CCC4=CC(=O)CCC4=C23)cc1. The number of ketones is 1. The van der Waals surface area contributed by atoms with Crippen LogP contribution in [0.5, 0.6) is 0 Å². The quantitative estimate of drug-likeness (QED) is 0.518. The second-order valence-electron chi connectivity index (χ2n) is 10.2. The second kappa shape index (κ2) is 11.4. The molecule has 0 aliphatic heterocycles. The van der Waals surface area contributed by atoms with Crippen LogP contribution in [0.3, 0.4) is 0 Å². The molecular weight excluding hydrogens is 434 g/mol. The van der Waals surface area contributed by atoms with Gasteiger partial charge in [0, 0.05) is 24.9 Å². The van der Waals surface area contributed by atoms with E-state index in [0.29, 0.717) is 23.8 Å². The zero-order valence-electron chi connectivity index (χ0n) is 22.0. The number of allylic oxidation sites excluding steroid dienone is 4. The Morgan fingerprint density at radius 3 is 2.40 bits per heavy atom. The van der Waals surface area contributed by atoms with Crippen molar-refractivity contribution >= 4 is 11.7 Å². The number of aliphatic hydroxyl groups is 1. The molecule has 35 heavy (non-hydrogen) atoms. The number of fused-ring (bicyclic) bond motifs is 4. The van der Waals surface area contributed by atoms with Gasteiger partial charge in [-0.05, 0) is 97.6 Å². The Bertz CT molecular complexity index is 1040. The van der Waals surface area contributed by atoms with Gasteiger partial charge in [-0.25, -0.2) is 0 Å². The van der Waals surface area contributed by atoms with Crippen LogP contribution in [-0.2, 0) is 4.79 Å². The molecule has 4 aliphatic carbocycles. The zero-order chi connectivity index (χ0) is 25.8. The number of carbonyl (C=O) groups is 2. The number of aliphatic hydroxyl groups excluding tert-OH is 1. The first-order valence-corrected chi connectivity index (χ1v) is 13.2. The lowest BCUT2D eigenvalue weighted by Crippen LogP contribution is -2.45. The van der Waals surface area contributed by atoms with Crippen LogP contribution >= 0.6 is 0 Å². The monoisotopic (exact) mass is 475 g/mol. The van der Waals surface area contributed by atoms with Gasteiger partial charge in [-0.1, -0.05) is 38.5 Å². The topological polar surface area (TPSA) is 66.4 Å². The van der Waals surface area contributed by atoms with Crippen molar-refractivity contribution in [1.82, 2.24) is 5.32 Å². The summed E-state index contributed by atoms with van der Waals surface area (Å²) in [5.41, 5.74) is 6.05. The highest BCUT2D eigenvalue weighted by Crippen LogP contribution is 2.63. The summed E-state index contributed by atoms with van der Waals surface area (Å²) < 4.78 is 0. The number of hydrogen-bond donors (Lipinski definition) is 2. The number of terminal acetylenes is 1. The molecule has 2 fully saturated rings. The molecule has 4 aliphatic rings. The number of rotatable bonds is 2. The van der Waals surface area contributed by atoms with Crippen LogP contribution < -0.4 is 5.32 Å². The summed E-state index contributed by atoms with van der Waals surface area (Å²) in [5, 5.41) is 13.6. The minimum Gasteiger partial charge on any atom is -0.393 e. The van der Waals surface area contributed by atoms with E-state index < -0.39 is 0 Å². The summed E-state index contributed by atoms with van der Waals surface area (Å²) in [6.07, 6.45) is 12.7. The van der Waals surface area contributed by atoms with Crippen LogP contribution in [0, 0.1) is 29.6 Å². The Balaban J connectivity index is 0.000000638. The first-order chi connectivity index (χ1) is 16.8. The van der Waals surface area contributed by atoms with Crippen molar-refractivity contribution in [2.24, 2.45) is 17.3 Å². The third-order valence-corrected chi connectivity index (χ3v) is 8.48. The van der Waals surface area contributed by atoms with E-state index in [9.17, 15) is 14.7 Å². The van der Waals surface area contributed by atoms with E-state index in [-0.39, 0.29) is 29.1 Å². The summed E-state index contributed by atoms with van der Waals surface area (Å²) in [4.78, 5) is 24.1. The van der Waals surface area contributed by atoms with E-state index >= 15 is 0 Å². The minimum atomic E-state index is -0.244. The van der Waals surface area contributed by atoms with E-state index in [1.807, 2.05) is 32.1 Å². The summed E-state index contributed by atoms with van der Waals surface area (Å²) in [7, 11) is 1.65. The zero-order valence-corrected chi connectivity index (χ0v) is 22.0. The fourth-order valence-electron chi connectivity index (χ4n) is 6.94. The van der Waals surface area contributed by atoms with Crippen molar-refractivity contribution in [2.75, 3.05) is 7.05 Å². The summed E-state index contributed by atoms with van der Waals surface area (Å²) in [5.74, 6) is 3.70. The lowest BCUT2D eigenvalue weighted by atomic mass is 9.53. The minimum absolute atomic E-state index is 0.0649. The molecule has 2 saturated carbocycles. The first-order valence-electron chi connectivity index (χ1n) is 13.2. The molecule has 0 heterocycles. The fourth-order valence-corrected chi connectivity index (χ4v) is 6.94. The molecule has 0 radical (unpaired) electrons. The normalized spacial score (nSPS) is 30.7. The van der Waals surface area contributed by atoms with Crippen LogP contribution in [0.1, 0.15) is 94.5 Å². The molecule has 1 aromatic rings. The predicted octanol–water partition coefficient (Wildman–Crippen LogP) is 5.97. The molecule has 4 nitrogen and oxygen atoms in total. The van der Waals surface area contributed by atoms with Crippen molar-refractivity contribution in [3.8, 4) is 12.3 Å². The van der Waals surface area contributed by atoms with Crippen LogP contribution in [0.4, 0.5) is 0 Å². The van der Waals surface area contributed by atoms with Crippen LogP contribution in [-0.4, -0.2) is 29.9 Å². The molecule has 0 saturated heterocycles. The molecule has 5 unspecified atom stereocenters. The largest absolute Gasteiger partial charge is 0.393 e. The van der Waals surface area contributed by atoms with Crippen LogP contribution in [0.15, 0.2) is 47.1 Å². The average Bonchev–Trinajstić information content (AvgIpc) is 3.18. The third-order valence-electron chi connectivity index (χ3n) is 8.48. The van der Waals surface area contributed by atoms with Gasteiger partial charge in [-0.3, -0.25) is 9.59 Å². The van der Waals surface area contributed by atoms with Crippen molar-refractivity contribution < 1.29 is 14.7 Å². The van der Waals surface area contributed by atoms with E-state index in [1.54, 1.807) is 14.0 Å². The summed E-state index contributed by atoms with van der Waals surface area (Å²) in [6.45, 7) is 7.94. The molecule has 0 bridgehead atoms. The number of carbonyl (C=O) groups excluding carboxylic acids is 2. The molecule has 0 spiro atoms. The Hall–Kier alpha value is -2.64. The maximum Gasteiger partial charge on any atom is 0.251 e. The molecule has 1 aromatic carbocycles. The standard InChI is InChI=1S/C26H31NO3.C3H4.C2H6/c1-26-14-21(15-3-5-16(6-4-15)25(30)27-2)24-19-10-8-18(28)13-17(19)7-9-20(24)22(26)11-12-23(26)29;1-3-2;1-2/h3-6,13,20-23,29H,7-12,14H2,1-2H3,(H,27,30);1H,2H3;1-2H3. The Morgan fingerprint density at radius 1 is 1.11 bits per heavy atom. The van der Waals surface area contributed by atoms with Crippen molar-refractivity contribution in [3.63, 3.8) is 0 Å². The van der Waals surface area contributed by atoms with E-state index in [1.165, 1.54) is 22.3 Å². The first kappa shape index (κ1) is 27.0. The highest BCUT2D eigenvalue weighted by atomic mass is 16.3. The molecule has 1 amide bonds. The molecular formula is C31H41NO3. The van der Waals surface area contributed by atoms with Gasteiger partial charge in [0.1, 0.15) is 0 Å². The van der Waals surface area contributed by atoms with Gasteiger partial charge >= 0.3 is 0 Å². The van der Waals surface area contributed by atoms with Gasteiger partial charge in [0.2, 0.25) is 0 Å². The maximum atomic E-state index is 12.1. The van der Waals surface area contributed by atoms with Gasteiger partial charge in [0.15, 0.2) is 5.78 Å². The summed E-state index contributed by atoms with van der Waals surface area (Å²) in [6, 6.07) is 8.02. The Kier molecular flexibility index (Phi) is 8.78. The van der Waals surface area contributed by atoms with Crippen molar-refractivity contribution in [2.45, 2.75) is 84.7 Å². The Labute approximate surface area is 211 Å². The van der Waals surface area contributed by atoms with E-state index in [2.05, 4.69) is 36.7 Å². The van der Waals surface area contributed by atoms with Crippen molar-refractivity contribution in [3.05, 3.63) is 58.2 Å². The van der Waals surface area contributed by atoms with Gasteiger partial charge in [-0.15, -0.1) is 12.3 Å². The molecule has 5 atom stereocenters. The predicted molar refractivity (Wildman–Crippen MR) is 142 cm³/mol. The smallest absolute Gasteiger partial charge is 0.251 e. The number of benzene rings is 1. The highest BCUT2D eigenvalue weighted by Gasteiger charge is 2.56. The summed E-state index contributed by atoms with van der Waals surface area (Å²) >= 11 is 0. The number of nitrogens with one attached hydrogen (secondary N) is 1. The van der Waals surface area contributed by atoms with Crippen LogP contribution in [0.2, 0.25) is 0 Å². The lowest BCUT2D eigenvalue weighted by molar-refractivity contribution is -0.114. The van der Waals surface area contributed by atoms with Gasteiger partial charge < -0.3 is 10.4 Å². The lowest BCUT2D eigenvalue weighted by Gasteiger charge is -2.52. The average molecular weight is 476 g/mol. The fraction of sp³-hybridized carbons (Fsp3) is 0.548. The molecule has 5 rings (SSSR count). The van der Waals surface area contributed by atoms with E-state index in [0.717, 1.165) is 38.5 Å². The van der Waals surface area contributed by atoms with Crippen LogP contribution in [0.25, 0.3) is 0 Å². The molecule has 4 heteroatoms. The van der Waals surface area contributed by atoms with Crippen molar-refractivity contribution in [1.29, 1.82) is 0 Å². The molecule has 188 valence electrons. The number of amides is 1. The number of hydrogen-bond acceptors (Lipinski definition) is 3. The van der Waals surface area contributed by atoms with Gasteiger partial charge in [0.05, 0.1) is 6.10 Å². The van der Waals surface area contributed by atoms with Gasteiger partial charge in [0.25, 0.3) is 5.91 Å². The highest BCUT2D eigenvalue weighted by molar-refractivity contribution is 5.94. The molecule has 0 aromatic heterocycles. The second-order valence-corrected chi connectivity index (χ2v) is 10.2. The molecule has 2 N–H and O–H groups in total. The van der Waals surface area contributed by atoms with E-state index in [4.69, 9.17) is 0 Å². The third kappa shape index (κ3) is 5.02. The van der Waals surface area contributed by atoms with Gasteiger partial charge in [-0.2, -0.15) is 0 Å². The Morgan fingerprint density at radius 2 is 1.77 bits per heavy atom. The maximum absolute atomic E-state index is 12.1.